The van der Waals surface area contributed by atoms with Crippen LogP contribution in [-0.4, -0.2) is 29.3 Å². The molecule has 1 N–H and O–H groups in total. The Labute approximate surface area is 185 Å². The number of fused-ring (bicyclic) bond motifs is 2. The molecule has 1 atom stereocenters. The molecule has 2 aromatic carbocycles. The summed E-state index contributed by atoms with van der Waals surface area (Å²) in [7, 11) is 0. The lowest BCUT2D eigenvalue weighted by Gasteiger charge is -2.25. The van der Waals surface area contributed by atoms with Gasteiger partial charge in [0.25, 0.3) is 5.91 Å². The van der Waals surface area contributed by atoms with Crippen molar-refractivity contribution < 1.29 is 18.8 Å². The van der Waals surface area contributed by atoms with Crippen molar-refractivity contribution in [1.29, 1.82) is 0 Å². The summed E-state index contributed by atoms with van der Waals surface area (Å²) in [6, 6.07) is 18.1. The van der Waals surface area contributed by atoms with Crippen molar-refractivity contribution in [2.45, 2.75) is 31.8 Å². The van der Waals surface area contributed by atoms with Crippen molar-refractivity contribution in [2.24, 2.45) is 0 Å². The minimum atomic E-state index is -1.08. The Kier molecular flexibility index (Phi) is 4.81. The number of imide groups is 1. The van der Waals surface area contributed by atoms with Crippen LogP contribution in [0.2, 0.25) is 0 Å². The SMILES string of the molecule is Cc1ccc(N(Cc2ccco2)C(=O)CN2C(=O)NC3(CCc4ccccc43)C2=O)cc1. The lowest BCUT2D eigenvalue weighted by molar-refractivity contribution is -0.134. The van der Waals surface area contributed by atoms with Crippen LogP contribution in [0.3, 0.4) is 0 Å². The maximum Gasteiger partial charge on any atom is 0.325 e. The van der Waals surface area contributed by atoms with Crippen LogP contribution in [0.5, 0.6) is 0 Å². The first-order valence-corrected chi connectivity index (χ1v) is 10.6. The molecule has 1 fully saturated rings. The predicted molar refractivity (Wildman–Crippen MR) is 118 cm³/mol. The molecule has 3 aromatic rings. The quantitative estimate of drug-likeness (QED) is 0.629. The van der Waals surface area contributed by atoms with Crippen LogP contribution < -0.4 is 10.2 Å². The molecule has 1 aliphatic carbocycles. The molecule has 1 aromatic heterocycles. The van der Waals surface area contributed by atoms with Crippen LogP contribution in [0.4, 0.5) is 10.5 Å². The molecule has 1 unspecified atom stereocenters. The molecule has 0 bridgehead atoms. The third kappa shape index (κ3) is 3.26. The molecular weight excluding hydrogens is 406 g/mol. The monoisotopic (exact) mass is 429 g/mol. The standard InChI is InChI=1S/C25H23N3O4/c1-17-8-10-19(11-9-17)27(15-20-6-4-14-32-20)22(29)16-28-23(30)25(26-24(28)31)13-12-18-5-2-3-7-21(18)25/h2-11,14H,12-13,15-16H2,1H3,(H,26,31). The fourth-order valence-corrected chi connectivity index (χ4v) is 4.56. The van der Waals surface area contributed by atoms with Gasteiger partial charge in [0.15, 0.2) is 0 Å². The molecule has 5 rings (SSSR count). The maximum atomic E-state index is 13.4. The molecule has 7 heteroatoms. The number of urea groups is 1. The maximum absolute atomic E-state index is 13.4. The van der Waals surface area contributed by atoms with Crippen LogP contribution in [-0.2, 0) is 28.1 Å². The number of aryl methyl sites for hydroxylation is 2. The number of hydrogen-bond donors (Lipinski definition) is 1. The van der Waals surface area contributed by atoms with Crippen LogP contribution in [0.15, 0.2) is 71.3 Å². The molecular formula is C25H23N3O4. The summed E-state index contributed by atoms with van der Waals surface area (Å²) in [6.07, 6.45) is 2.75. The first-order valence-electron chi connectivity index (χ1n) is 10.6. The van der Waals surface area contributed by atoms with Gasteiger partial charge in [-0.05, 0) is 55.2 Å². The minimum Gasteiger partial charge on any atom is -0.467 e. The van der Waals surface area contributed by atoms with E-state index in [0.29, 0.717) is 24.3 Å². The number of benzene rings is 2. The lowest BCUT2D eigenvalue weighted by atomic mass is 9.92. The fourth-order valence-electron chi connectivity index (χ4n) is 4.56. The normalized spacial score (nSPS) is 19.3. The molecule has 32 heavy (non-hydrogen) atoms. The summed E-state index contributed by atoms with van der Waals surface area (Å²) in [4.78, 5) is 42.2. The second kappa shape index (κ2) is 7.67. The second-order valence-electron chi connectivity index (χ2n) is 8.28. The van der Waals surface area contributed by atoms with E-state index in [1.165, 1.54) is 4.90 Å². The highest BCUT2D eigenvalue weighted by atomic mass is 16.3. The first-order chi connectivity index (χ1) is 15.5. The Balaban J connectivity index is 1.41. The van der Waals surface area contributed by atoms with Crippen LogP contribution in [0, 0.1) is 6.92 Å². The summed E-state index contributed by atoms with van der Waals surface area (Å²) in [5.41, 5.74) is 2.52. The van der Waals surface area contributed by atoms with Gasteiger partial charge < -0.3 is 14.6 Å². The van der Waals surface area contributed by atoms with Gasteiger partial charge in [0.05, 0.1) is 12.8 Å². The van der Waals surface area contributed by atoms with Crippen molar-refractivity contribution in [3.63, 3.8) is 0 Å². The topological polar surface area (TPSA) is 82.9 Å². The zero-order chi connectivity index (χ0) is 22.3. The van der Waals surface area contributed by atoms with Gasteiger partial charge in [-0.3, -0.25) is 14.5 Å². The summed E-state index contributed by atoms with van der Waals surface area (Å²) >= 11 is 0. The van der Waals surface area contributed by atoms with E-state index in [2.05, 4.69) is 5.32 Å². The van der Waals surface area contributed by atoms with E-state index >= 15 is 0 Å². The van der Waals surface area contributed by atoms with Gasteiger partial charge in [-0.1, -0.05) is 42.0 Å². The number of amides is 4. The average molecular weight is 429 g/mol. The van der Waals surface area contributed by atoms with Gasteiger partial charge in [0, 0.05) is 5.69 Å². The van der Waals surface area contributed by atoms with E-state index < -0.39 is 11.6 Å². The molecule has 0 radical (unpaired) electrons. The molecule has 4 amide bonds. The van der Waals surface area contributed by atoms with Crippen molar-refractivity contribution in [1.82, 2.24) is 10.2 Å². The predicted octanol–water partition coefficient (Wildman–Crippen LogP) is 3.51. The Morgan fingerprint density at radius 2 is 1.88 bits per heavy atom. The number of carbonyl (C=O) groups excluding carboxylic acids is 3. The number of nitrogens with one attached hydrogen (secondary N) is 1. The number of carbonyl (C=O) groups is 3. The Hall–Kier alpha value is -3.87. The molecule has 1 saturated heterocycles. The summed E-state index contributed by atoms with van der Waals surface area (Å²) in [6.45, 7) is 1.82. The van der Waals surface area contributed by atoms with E-state index in [9.17, 15) is 14.4 Å². The highest BCUT2D eigenvalue weighted by Gasteiger charge is 2.55. The highest BCUT2D eigenvalue weighted by Crippen LogP contribution is 2.41. The molecule has 7 nitrogen and oxygen atoms in total. The van der Waals surface area contributed by atoms with E-state index in [4.69, 9.17) is 4.42 Å². The molecule has 0 saturated carbocycles. The fraction of sp³-hybridized carbons (Fsp3) is 0.240. The second-order valence-corrected chi connectivity index (χ2v) is 8.28. The summed E-state index contributed by atoms with van der Waals surface area (Å²) in [5.74, 6) is -0.128. The Bertz CT molecular complexity index is 1190. The zero-order valence-corrected chi connectivity index (χ0v) is 17.7. The molecule has 2 aliphatic rings. The van der Waals surface area contributed by atoms with Gasteiger partial charge in [0.1, 0.15) is 17.8 Å². The van der Waals surface area contributed by atoms with E-state index in [1.807, 2.05) is 55.5 Å². The van der Waals surface area contributed by atoms with Crippen molar-refractivity contribution >= 4 is 23.5 Å². The van der Waals surface area contributed by atoms with Crippen LogP contribution in [0.1, 0.15) is 28.9 Å². The van der Waals surface area contributed by atoms with Gasteiger partial charge >= 0.3 is 6.03 Å². The van der Waals surface area contributed by atoms with Crippen molar-refractivity contribution in [3.05, 3.63) is 89.4 Å². The Morgan fingerprint density at radius 1 is 1.09 bits per heavy atom. The van der Waals surface area contributed by atoms with Crippen LogP contribution >= 0.6 is 0 Å². The lowest BCUT2D eigenvalue weighted by Crippen LogP contribution is -2.45. The van der Waals surface area contributed by atoms with Gasteiger partial charge in [-0.15, -0.1) is 0 Å². The van der Waals surface area contributed by atoms with Crippen LogP contribution in [0.25, 0.3) is 0 Å². The van der Waals surface area contributed by atoms with Crippen molar-refractivity contribution in [3.8, 4) is 0 Å². The largest absolute Gasteiger partial charge is 0.467 e. The third-order valence-corrected chi connectivity index (χ3v) is 6.26. The zero-order valence-electron chi connectivity index (χ0n) is 17.7. The molecule has 1 spiro atoms. The van der Waals surface area contributed by atoms with E-state index in [1.54, 1.807) is 18.4 Å². The van der Waals surface area contributed by atoms with Gasteiger partial charge in [-0.2, -0.15) is 0 Å². The number of furan rings is 1. The summed E-state index contributed by atoms with van der Waals surface area (Å²) in [5, 5.41) is 2.87. The molecule has 162 valence electrons. The number of rotatable bonds is 5. The van der Waals surface area contributed by atoms with E-state index in [0.717, 1.165) is 21.6 Å². The number of nitrogens with zero attached hydrogens (tertiary/aromatic N) is 2. The molecule has 2 heterocycles. The number of anilines is 1. The van der Waals surface area contributed by atoms with Gasteiger partial charge in [-0.25, -0.2) is 4.79 Å². The van der Waals surface area contributed by atoms with E-state index in [-0.39, 0.29) is 24.9 Å². The summed E-state index contributed by atoms with van der Waals surface area (Å²) < 4.78 is 5.43. The smallest absolute Gasteiger partial charge is 0.325 e. The van der Waals surface area contributed by atoms with Crippen molar-refractivity contribution in [2.75, 3.05) is 11.4 Å². The third-order valence-electron chi connectivity index (χ3n) is 6.26. The Morgan fingerprint density at radius 3 is 2.62 bits per heavy atom. The first kappa shape index (κ1) is 20.1. The van der Waals surface area contributed by atoms with Gasteiger partial charge in [0.2, 0.25) is 5.91 Å². The number of hydrogen-bond acceptors (Lipinski definition) is 4. The minimum absolute atomic E-state index is 0.201. The average Bonchev–Trinajstić information content (AvgIpc) is 3.49. The highest BCUT2D eigenvalue weighted by molar-refractivity contribution is 6.11. The molecule has 1 aliphatic heterocycles.